The van der Waals surface area contributed by atoms with Crippen molar-refractivity contribution in [2.45, 2.75) is 13.8 Å². The van der Waals surface area contributed by atoms with Crippen LogP contribution in [-0.4, -0.2) is 5.91 Å². The number of nitrogens with one attached hydrogen (secondary N) is 1. The minimum absolute atomic E-state index is 0.206. The van der Waals surface area contributed by atoms with E-state index in [1.54, 1.807) is 18.2 Å². The van der Waals surface area contributed by atoms with Gasteiger partial charge in [0.2, 0.25) is 0 Å². The van der Waals surface area contributed by atoms with Crippen molar-refractivity contribution in [2.24, 2.45) is 0 Å². The van der Waals surface area contributed by atoms with Gasteiger partial charge in [-0.2, -0.15) is 5.26 Å². The van der Waals surface area contributed by atoms with Crippen LogP contribution in [0.15, 0.2) is 36.4 Å². The number of hydrogen-bond donors (Lipinski definition) is 2. The van der Waals surface area contributed by atoms with Crippen molar-refractivity contribution in [1.29, 1.82) is 5.26 Å². The molecule has 0 atom stereocenters. The molecule has 3 N–H and O–H groups in total. The van der Waals surface area contributed by atoms with Gasteiger partial charge >= 0.3 is 0 Å². The standard InChI is InChI=1S/C16H15N3O/c1-10-3-4-11(2)13(7-10)16(20)19-15-6-5-12(9-17)8-14(15)18/h3-8H,18H2,1-2H3,(H,19,20). The van der Waals surface area contributed by atoms with Crippen LogP contribution < -0.4 is 11.1 Å². The first-order chi connectivity index (χ1) is 9.51. The number of nitrogen functional groups attached to an aromatic ring is 1. The molecule has 2 rings (SSSR count). The lowest BCUT2D eigenvalue weighted by Gasteiger charge is -2.10. The van der Waals surface area contributed by atoms with E-state index in [0.29, 0.717) is 22.5 Å². The van der Waals surface area contributed by atoms with Gasteiger partial charge in [-0.05, 0) is 43.7 Å². The predicted octanol–water partition coefficient (Wildman–Crippen LogP) is 3.01. The Morgan fingerprint density at radius 2 is 1.95 bits per heavy atom. The minimum atomic E-state index is -0.206. The molecule has 0 spiro atoms. The summed E-state index contributed by atoms with van der Waals surface area (Å²) in [5.41, 5.74) is 9.72. The first-order valence-corrected chi connectivity index (χ1v) is 6.19. The third-order valence-electron chi connectivity index (χ3n) is 3.07. The molecule has 20 heavy (non-hydrogen) atoms. The smallest absolute Gasteiger partial charge is 0.255 e. The van der Waals surface area contributed by atoms with Gasteiger partial charge in [-0.3, -0.25) is 4.79 Å². The minimum Gasteiger partial charge on any atom is -0.397 e. The lowest BCUT2D eigenvalue weighted by molar-refractivity contribution is 0.102. The Labute approximate surface area is 117 Å². The second-order valence-corrected chi connectivity index (χ2v) is 4.69. The van der Waals surface area contributed by atoms with Crippen molar-refractivity contribution in [3.63, 3.8) is 0 Å². The summed E-state index contributed by atoms with van der Waals surface area (Å²) < 4.78 is 0. The second-order valence-electron chi connectivity index (χ2n) is 4.69. The SMILES string of the molecule is Cc1ccc(C)c(C(=O)Nc2ccc(C#N)cc2N)c1. The van der Waals surface area contributed by atoms with Gasteiger partial charge in [0.05, 0.1) is 23.0 Å². The first-order valence-electron chi connectivity index (χ1n) is 6.19. The number of nitriles is 1. The van der Waals surface area contributed by atoms with Crippen molar-refractivity contribution in [1.82, 2.24) is 0 Å². The molecule has 0 fully saturated rings. The van der Waals surface area contributed by atoms with E-state index >= 15 is 0 Å². The largest absolute Gasteiger partial charge is 0.397 e. The Bertz CT molecular complexity index is 714. The Balaban J connectivity index is 2.28. The molecule has 0 aromatic heterocycles. The summed E-state index contributed by atoms with van der Waals surface area (Å²) in [5, 5.41) is 11.6. The maximum atomic E-state index is 12.3. The monoisotopic (exact) mass is 265 g/mol. The number of nitrogens with two attached hydrogens (primary N) is 1. The third kappa shape index (κ3) is 2.78. The molecule has 0 aliphatic rings. The number of rotatable bonds is 2. The highest BCUT2D eigenvalue weighted by Gasteiger charge is 2.11. The number of aryl methyl sites for hydroxylation is 2. The predicted molar refractivity (Wildman–Crippen MR) is 79.4 cm³/mol. The molecule has 1 amide bonds. The molecule has 0 heterocycles. The first kappa shape index (κ1) is 13.6. The molecule has 100 valence electrons. The Morgan fingerprint density at radius 3 is 2.60 bits per heavy atom. The zero-order chi connectivity index (χ0) is 14.7. The molecule has 0 saturated carbocycles. The number of anilines is 2. The maximum Gasteiger partial charge on any atom is 0.255 e. The lowest BCUT2D eigenvalue weighted by Crippen LogP contribution is -2.14. The van der Waals surface area contributed by atoms with Crippen LogP contribution in [-0.2, 0) is 0 Å². The summed E-state index contributed by atoms with van der Waals surface area (Å²) >= 11 is 0. The number of hydrogen-bond acceptors (Lipinski definition) is 3. The van der Waals surface area contributed by atoms with Gasteiger partial charge in [0.25, 0.3) is 5.91 Å². The van der Waals surface area contributed by atoms with E-state index in [4.69, 9.17) is 11.0 Å². The molecule has 4 heteroatoms. The number of amides is 1. The summed E-state index contributed by atoms with van der Waals surface area (Å²) in [4.78, 5) is 12.3. The second kappa shape index (κ2) is 5.45. The Hall–Kier alpha value is -2.80. The van der Waals surface area contributed by atoms with E-state index in [1.165, 1.54) is 0 Å². The number of nitrogens with zero attached hydrogens (tertiary/aromatic N) is 1. The van der Waals surface area contributed by atoms with Crippen LogP contribution in [0.1, 0.15) is 27.0 Å². The van der Waals surface area contributed by atoms with E-state index < -0.39 is 0 Å². The molecule has 0 saturated heterocycles. The zero-order valence-electron chi connectivity index (χ0n) is 11.4. The van der Waals surface area contributed by atoms with Gasteiger partial charge in [0.15, 0.2) is 0 Å². The van der Waals surface area contributed by atoms with Crippen LogP contribution in [0.25, 0.3) is 0 Å². The molecule has 0 radical (unpaired) electrons. The number of benzene rings is 2. The van der Waals surface area contributed by atoms with Gasteiger partial charge in [0.1, 0.15) is 0 Å². The van der Waals surface area contributed by atoms with Gasteiger partial charge in [-0.1, -0.05) is 17.7 Å². The highest BCUT2D eigenvalue weighted by molar-refractivity contribution is 6.06. The molecule has 4 nitrogen and oxygen atoms in total. The number of carbonyl (C=O) groups excluding carboxylic acids is 1. The molecule has 2 aromatic carbocycles. The summed E-state index contributed by atoms with van der Waals surface area (Å²) in [6.07, 6.45) is 0. The fourth-order valence-electron chi connectivity index (χ4n) is 1.92. The fraction of sp³-hybridized carbons (Fsp3) is 0.125. The normalized spacial score (nSPS) is 9.85. The molecule has 2 aromatic rings. The Morgan fingerprint density at radius 1 is 1.20 bits per heavy atom. The van der Waals surface area contributed by atoms with Crippen LogP contribution in [0.2, 0.25) is 0 Å². The van der Waals surface area contributed by atoms with Crippen molar-refractivity contribution < 1.29 is 4.79 Å². The van der Waals surface area contributed by atoms with E-state index in [9.17, 15) is 4.79 Å². The van der Waals surface area contributed by atoms with Crippen molar-refractivity contribution in [3.8, 4) is 6.07 Å². The summed E-state index contributed by atoms with van der Waals surface area (Å²) in [7, 11) is 0. The fourth-order valence-corrected chi connectivity index (χ4v) is 1.92. The summed E-state index contributed by atoms with van der Waals surface area (Å²) in [6, 6.07) is 12.5. The van der Waals surface area contributed by atoms with Crippen LogP contribution in [0.3, 0.4) is 0 Å². The molecular formula is C16H15N3O. The zero-order valence-corrected chi connectivity index (χ0v) is 11.4. The van der Waals surface area contributed by atoms with Crippen LogP contribution in [0.4, 0.5) is 11.4 Å². The van der Waals surface area contributed by atoms with E-state index in [-0.39, 0.29) is 5.91 Å². The third-order valence-corrected chi connectivity index (χ3v) is 3.07. The van der Waals surface area contributed by atoms with E-state index in [1.807, 2.05) is 38.1 Å². The lowest BCUT2D eigenvalue weighted by atomic mass is 10.0. The van der Waals surface area contributed by atoms with Crippen molar-refractivity contribution >= 4 is 17.3 Å². The van der Waals surface area contributed by atoms with E-state index in [2.05, 4.69) is 5.32 Å². The van der Waals surface area contributed by atoms with Gasteiger partial charge in [-0.15, -0.1) is 0 Å². The van der Waals surface area contributed by atoms with Crippen molar-refractivity contribution in [2.75, 3.05) is 11.1 Å². The highest BCUT2D eigenvalue weighted by atomic mass is 16.1. The maximum absolute atomic E-state index is 12.3. The van der Waals surface area contributed by atoms with Gasteiger partial charge in [-0.25, -0.2) is 0 Å². The van der Waals surface area contributed by atoms with Gasteiger partial charge < -0.3 is 11.1 Å². The van der Waals surface area contributed by atoms with Crippen molar-refractivity contribution in [3.05, 3.63) is 58.7 Å². The summed E-state index contributed by atoms with van der Waals surface area (Å²) in [6.45, 7) is 3.82. The molecular weight excluding hydrogens is 250 g/mol. The summed E-state index contributed by atoms with van der Waals surface area (Å²) in [5.74, 6) is -0.206. The molecule has 0 aliphatic carbocycles. The topological polar surface area (TPSA) is 78.9 Å². The van der Waals surface area contributed by atoms with E-state index in [0.717, 1.165) is 11.1 Å². The average molecular weight is 265 g/mol. The molecule has 0 aliphatic heterocycles. The van der Waals surface area contributed by atoms with Crippen LogP contribution in [0.5, 0.6) is 0 Å². The average Bonchev–Trinajstić information content (AvgIpc) is 2.43. The highest BCUT2D eigenvalue weighted by Crippen LogP contribution is 2.21. The molecule has 0 bridgehead atoms. The van der Waals surface area contributed by atoms with Crippen LogP contribution >= 0.6 is 0 Å². The van der Waals surface area contributed by atoms with Gasteiger partial charge in [0, 0.05) is 5.56 Å². The quantitative estimate of drug-likeness (QED) is 0.819. The van der Waals surface area contributed by atoms with Crippen LogP contribution in [0, 0.1) is 25.2 Å². The molecule has 0 unspecified atom stereocenters. The number of carbonyl (C=O) groups is 1. The Kier molecular flexibility index (Phi) is 3.72.